The molecule has 1 heterocycles. The van der Waals surface area contributed by atoms with Crippen molar-refractivity contribution in [1.29, 1.82) is 0 Å². The Morgan fingerprint density at radius 2 is 2.00 bits per heavy atom. The van der Waals surface area contributed by atoms with Gasteiger partial charge in [-0.15, -0.1) is 0 Å². The Morgan fingerprint density at radius 1 is 1.32 bits per heavy atom. The number of carbonyl (C=O) groups excluding carboxylic acids is 1. The van der Waals surface area contributed by atoms with Gasteiger partial charge in [0, 0.05) is 5.54 Å². The lowest BCUT2D eigenvalue weighted by atomic mass is 10.0. The molecule has 0 aromatic heterocycles. The molecule has 3 heteroatoms. The monoisotopic (exact) mass is 261 g/mol. The molecular weight excluding hydrogens is 238 g/mol. The molecule has 2 rings (SSSR count). The van der Waals surface area contributed by atoms with Crippen LogP contribution in [0.3, 0.4) is 0 Å². The highest BCUT2D eigenvalue weighted by molar-refractivity contribution is 5.76. The summed E-state index contributed by atoms with van der Waals surface area (Å²) in [5.74, 6) is -0.0868. The number of hydrogen-bond donors (Lipinski definition) is 0. The molecule has 1 aliphatic rings. The van der Waals surface area contributed by atoms with Crippen LogP contribution in [0, 0.1) is 0 Å². The van der Waals surface area contributed by atoms with Crippen LogP contribution in [0.25, 0.3) is 0 Å². The van der Waals surface area contributed by atoms with Crippen molar-refractivity contribution in [2.45, 2.75) is 51.8 Å². The van der Waals surface area contributed by atoms with Crippen LogP contribution in [-0.2, 0) is 16.1 Å². The molecule has 1 aromatic rings. The SMILES string of the molecule is CC(C)(C)N1CCC[C@H]1C(=O)OCc1ccccc1. The van der Waals surface area contributed by atoms with Crippen LogP contribution in [0.4, 0.5) is 0 Å². The van der Waals surface area contributed by atoms with Gasteiger partial charge in [0.1, 0.15) is 12.6 Å². The van der Waals surface area contributed by atoms with E-state index in [1.165, 1.54) is 0 Å². The number of likely N-dealkylation sites (tertiary alicyclic amines) is 1. The van der Waals surface area contributed by atoms with E-state index in [0.717, 1.165) is 24.9 Å². The highest BCUT2D eigenvalue weighted by Gasteiger charge is 2.38. The van der Waals surface area contributed by atoms with Crippen LogP contribution < -0.4 is 0 Å². The van der Waals surface area contributed by atoms with Crippen molar-refractivity contribution >= 4 is 5.97 Å². The molecule has 0 saturated carbocycles. The van der Waals surface area contributed by atoms with Gasteiger partial charge in [-0.3, -0.25) is 9.69 Å². The molecular formula is C16H23NO2. The Labute approximate surface area is 115 Å². The maximum absolute atomic E-state index is 12.2. The highest BCUT2D eigenvalue weighted by Crippen LogP contribution is 2.27. The molecule has 0 aliphatic carbocycles. The number of ether oxygens (including phenoxy) is 1. The van der Waals surface area contributed by atoms with Gasteiger partial charge < -0.3 is 4.74 Å². The zero-order valence-corrected chi connectivity index (χ0v) is 12.1. The molecule has 1 fully saturated rings. The van der Waals surface area contributed by atoms with Crippen LogP contribution in [0.15, 0.2) is 30.3 Å². The average Bonchev–Trinajstić information content (AvgIpc) is 2.86. The van der Waals surface area contributed by atoms with Crippen molar-refractivity contribution in [3.8, 4) is 0 Å². The fraction of sp³-hybridized carbons (Fsp3) is 0.562. The summed E-state index contributed by atoms with van der Waals surface area (Å²) >= 11 is 0. The minimum Gasteiger partial charge on any atom is -0.460 e. The number of benzene rings is 1. The van der Waals surface area contributed by atoms with Crippen LogP contribution in [0.1, 0.15) is 39.2 Å². The molecule has 0 unspecified atom stereocenters. The van der Waals surface area contributed by atoms with Crippen molar-refractivity contribution in [3.05, 3.63) is 35.9 Å². The second-order valence-electron chi connectivity index (χ2n) is 6.12. The van der Waals surface area contributed by atoms with Gasteiger partial charge in [0.05, 0.1) is 0 Å². The van der Waals surface area contributed by atoms with E-state index in [1.54, 1.807) is 0 Å². The van der Waals surface area contributed by atoms with E-state index in [4.69, 9.17) is 4.74 Å². The Hall–Kier alpha value is -1.35. The maximum atomic E-state index is 12.2. The standard InChI is InChI=1S/C16H23NO2/c1-16(2,3)17-11-7-10-14(17)15(18)19-12-13-8-5-4-6-9-13/h4-6,8-9,14H,7,10-12H2,1-3H3/t14-/m0/s1. The number of carbonyl (C=O) groups is 1. The summed E-state index contributed by atoms with van der Waals surface area (Å²) in [4.78, 5) is 14.5. The van der Waals surface area contributed by atoms with Crippen molar-refractivity contribution in [3.63, 3.8) is 0 Å². The third kappa shape index (κ3) is 3.57. The third-order valence-electron chi connectivity index (χ3n) is 3.61. The number of nitrogens with zero attached hydrogens (tertiary/aromatic N) is 1. The second kappa shape index (κ2) is 5.74. The predicted molar refractivity (Wildman–Crippen MR) is 75.7 cm³/mol. The second-order valence-corrected chi connectivity index (χ2v) is 6.12. The van der Waals surface area contributed by atoms with Gasteiger partial charge in [0.25, 0.3) is 0 Å². The lowest BCUT2D eigenvalue weighted by molar-refractivity contribution is -0.152. The van der Waals surface area contributed by atoms with Gasteiger partial charge in [-0.1, -0.05) is 30.3 Å². The smallest absolute Gasteiger partial charge is 0.323 e. The van der Waals surface area contributed by atoms with E-state index in [2.05, 4.69) is 25.7 Å². The summed E-state index contributed by atoms with van der Waals surface area (Å²) in [6.07, 6.45) is 1.98. The first kappa shape index (κ1) is 14.1. The normalized spacial score (nSPS) is 20.5. The Morgan fingerprint density at radius 3 is 2.63 bits per heavy atom. The molecule has 1 aromatic carbocycles. The van der Waals surface area contributed by atoms with Crippen LogP contribution in [0.5, 0.6) is 0 Å². The molecule has 0 spiro atoms. The molecule has 3 nitrogen and oxygen atoms in total. The summed E-state index contributed by atoms with van der Waals surface area (Å²) in [5, 5.41) is 0. The summed E-state index contributed by atoms with van der Waals surface area (Å²) < 4.78 is 5.46. The van der Waals surface area contributed by atoms with E-state index in [0.29, 0.717) is 6.61 Å². The summed E-state index contributed by atoms with van der Waals surface area (Å²) in [5.41, 5.74) is 1.06. The predicted octanol–water partition coefficient (Wildman–Crippen LogP) is 2.99. The van der Waals surface area contributed by atoms with Crippen LogP contribution >= 0.6 is 0 Å². The first-order valence-corrected chi connectivity index (χ1v) is 6.96. The van der Waals surface area contributed by atoms with Gasteiger partial charge in [0.15, 0.2) is 0 Å². The van der Waals surface area contributed by atoms with Gasteiger partial charge in [-0.2, -0.15) is 0 Å². The van der Waals surface area contributed by atoms with E-state index in [-0.39, 0.29) is 17.6 Å². The first-order chi connectivity index (χ1) is 8.98. The van der Waals surface area contributed by atoms with Crippen molar-refractivity contribution in [2.75, 3.05) is 6.54 Å². The number of hydrogen-bond acceptors (Lipinski definition) is 3. The van der Waals surface area contributed by atoms with Crippen molar-refractivity contribution < 1.29 is 9.53 Å². The van der Waals surface area contributed by atoms with E-state index in [1.807, 2.05) is 30.3 Å². The highest BCUT2D eigenvalue weighted by atomic mass is 16.5. The zero-order valence-electron chi connectivity index (χ0n) is 12.1. The molecule has 0 radical (unpaired) electrons. The molecule has 19 heavy (non-hydrogen) atoms. The van der Waals surface area contributed by atoms with E-state index < -0.39 is 0 Å². The lowest BCUT2D eigenvalue weighted by Gasteiger charge is -2.35. The zero-order chi connectivity index (χ0) is 13.9. The van der Waals surface area contributed by atoms with E-state index >= 15 is 0 Å². The minimum atomic E-state index is -0.0868. The Kier molecular flexibility index (Phi) is 4.25. The molecule has 1 atom stereocenters. The topological polar surface area (TPSA) is 29.5 Å². The molecule has 0 bridgehead atoms. The van der Waals surface area contributed by atoms with E-state index in [9.17, 15) is 4.79 Å². The average molecular weight is 261 g/mol. The summed E-state index contributed by atoms with van der Waals surface area (Å²) in [6, 6.07) is 9.75. The molecule has 1 saturated heterocycles. The molecule has 1 aliphatic heterocycles. The first-order valence-electron chi connectivity index (χ1n) is 6.96. The fourth-order valence-electron chi connectivity index (χ4n) is 2.64. The van der Waals surface area contributed by atoms with Gasteiger partial charge in [0.2, 0.25) is 0 Å². The van der Waals surface area contributed by atoms with Gasteiger partial charge in [-0.05, 0) is 45.7 Å². The van der Waals surface area contributed by atoms with Crippen LogP contribution in [-0.4, -0.2) is 29.0 Å². The third-order valence-corrected chi connectivity index (χ3v) is 3.61. The van der Waals surface area contributed by atoms with Gasteiger partial charge in [-0.25, -0.2) is 0 Å². The fourth-order valence-corrected chi connectivity index (χ4v) is 2.64. The molecule has 0 amide bonds. The Bertz CT molecular complexity index is 422. The molecule has 0 N–H and O–H groups in total. The number of rotatable bonds is 3. The van der Waals surface area contributed by atoms with Gasteiger partial charge >= 0.3 is 5.97 Å². The lowest BCUT2D eigenvalue weighted by Crippen LogP contribution is -2.48. The van der Waals surface area contributed by atoms with Crippen molar-refractivity contribution in [1.82, 2.24) is 4.90 Å². The minimum absolute atomic E-state index is 0.0208. The Balaban J connectivity index is 1.93. The maximum Gasteiger partial charge on any atom is 0.323 e. The molecule has 104 valence electrons. The largest absolute Gasteiger partial charge is 0.460 e. The quantitative estimate of drug-likeness (QED) is 0.783. The van der Waals surface area contributed by atoms with Crippen LogP contribution in [0.2, 0.25) is 0 Å². The number of esters is 1. The summed E-state index contributed by atoms with van der Waals surface area (Å²) in [6.45, 7) is 7.80. The van der Waals surface area contributed by atoms with Crippen molar-refractivity contribution in [2.24, 2.45) is 0 Å². The summed E-state index contributed by atoms with van der Waals surface area (Å²) in [7, 11) is 0.